The number of nitrogens with one attached hydrogen (secondary N) is 1. The number of hydrogen-bond acceptors (Lipinski definition) is 4. The van der Waals surface area contributed by atoms with Crippen LogP contribution >= 0.6 is 43.6 Å². The SMILES string of the molecule is O=C(NC1C(=O)N2CC(CBr)(C(=O)O)C(Br)S[C@H]12)c1ccccc1. The van der Waals surface area contributed by atoms with Gasteiger partial charge in [0.2, 0.25) is 5.91 Å². The van der Waals surface area contributed by atoms with Gasteiger partial charge < -0.3 is 15.3 Å². The highest BCUT2D eigenvalue weighted by Gasteiger charge is 2.60. The Hall–Kier alpha value is -1.06. The van der Waals surface area contributed by atoms with Crippen LogP contribution in [0.15, 0.2) is 30.3 Å². The zero-order valence-corrected chi connectivity index (χ0v) is 16.3. The number of fused-ring (bicyclic) bond motifs is 1. The molecule has 2 amide bonds. The van der Waals surface area contributed by atoms with Gasteiger partial charge in [-0.2, -0.15) is 0 Å². The number of alkyl halides is 2. The lowest BCUT2D eigenvalue weighted by molar-refractivity contribution is -0.156. The summed E-state index contributed by atoms with van der Waals surface area (Å²) in [5, 5.41) is 12.3. The van der Waals surface area contributed by atoms with Gasteiger partial charge in [-0.3, -0.25) is 14.4 Å². The van der Waals surface area contributed by atoms with Crippen molar-refractivity contribution in [3.63, 3.8) is 0 Å². The molecule has 6 nitrogen and oxygen atoms in total. The van der Waals surface area contributed by atoms with Crippen LogP contribution in [0.25, 0.3) is 0 Å². The molecule has 0 radical (unpaired) electrons. The maximum Gasteiger partial charge on any atom is 0.314 e. The van der Waals surface area contributed by atoms with E-state index in [9.17, 15) is 19.5 Å². The van der Waals surface area contributed by atoms with Crippen LogP contribution in [0.5, 0.6) is 0 Å². The average Bonchev–Trinajstić information content (AvgIpc) is 2.59. The summed E-state index contributed by atoms with van der Waals surface area (Å²) in [6, 6.07) is 8.04. The number of carbonyl (C=O) groups is 3. The number of carbonyl (C=O) groups excluding carboxylic acids is 2. The Morgan fingerprint density at radius 2 is 2.04 bits per heavy atom. The van der Waals surface area contributed by atoms with Crippen molar-refractivity contribution in [2.75, 3.05) is 11.9 Å². The highest BCUT2D eigenvalue weighted by atomic mass is 79.9. The molecule has 0 bridgehead atoms. The second-order valence-electron chi connectivity index (χ2n) is 5.72. The van der Waals surface area contributed by atoms with Crippen LogP contribution < -0.4 is 5.32 Å². The summed E-state index contributed by atoms with van der Waals surface area (Å²) in [4.78, 5) is 37.8. The largest absolute Gasteiger partial charge is 0.481 e. The van der Waals surface area contributed by atoms with Crippen molar-refractivity contribution in [2.45, 2.75) is 15.6 Å². The van der Waals surface area contributed by atoms with Crippen molar-refractivity contribution < 1.29 is 19.5 Å². The second kappa shape index (κ2) is 6.68. The van der Waals surface area contributed by atoms with E-state index < -0.39 is 17.4 Å². The topological polar surface area (TPSA) is 86.7 Å². The van der Waals surface area contributed by atoms with Gasteiger partial charge in [0, 0.05) is 17.4 Å². The van der Waals surface area contributed by atoms with Crippen molar-refractivity contribution in [1.82, 2.24) is 10.2 Å². The van der Waals surface area contributed by atoms with Crippen LogP contribution in [-0.2, 0) is 9.59 Å². The van der Waals surface area contributed by atoms with Gasteiger partial charge >= 0.3 is 5.97 Å². The fourth-order valence-electron chi connectivity index (χ4n) is 2.74. The molecule has 0 saturated carbocycles. The lowest BCUT2D eigenvalue weighted by atomic mass is 9.89. The first-order chi connectivity index (χ1) is 11.4. The molecule has 0 aliphatic carbocycles. The molecule has 2 fully saturated rings. The van der Waals surface area contributed by atoms with Gasteiger partial charge in [-0.1, -0.05) is 50.1 Å². The number of β-lactam (4-membered cyclic amide) rings is 1. The van der Waals surface area contributed by atoms with E-state index in [1.54, 1.807) is 24.3 Å². The minimum Gasteiger partial charge on any atom is -0.481 e. The van der Waals surface area contributed by atoms with E-state index in [1.165, 1.54) is 16.7 Å². The van der Waals surface area contributed by atoms with Crippen LogP contribution in [0.3, 0.4) is 0 Å². The van der Waals surface area contributed by atoms with E-state index in [2.05, 4.69) is 37.2 Å². The molecule has 2 aliphatic rings. The van der Waals surface area contributed by atoms with Crippen LogP contribution in [0.2, 0.25) is 0 Å². The van der Waals surface area contributed by atoms with Crippen molar-refractivity contribution in [2.24, 2.45) is 5.41 Å². The molecular formula is C15H14Br2N2O4S. The van der Waals surface area contributed by atoms with Crippen LogP contribution in [0.4, 0.5) is 0 Å². The summed E-state index contributed by atoms with van der Waals surface area (Å²) >= 11 is 8.03. The molecule has 4 atom stereocenters. The fraction of sp³-hybridized carbons (Fsp3) is 0.400. The van der Waals surface area contributed by atoms with Crippen molar-refractivity contribution in [1.29, 1.82) is 0 Å². The van der Waals surface area contributed by atoms with Gasteiger partial charge in [-0.15, -0.1) is 11.8 Å². The fourth-order valence-corrected chi connectivity index (χ4v) is 6.73. The molecular weight excluding hydrogens is 464 g/mol. The molecule has 0 aromatic heterocycles. The second-order valence-corrected chi connectivity index (χ2v) is 9.03. The van der Waals surface area contributed by atoms with E-state index in [4.69, 9.17) is 0 Å². The lowest BCUT2D eigenvalue weighted by Crippen LogP contribution is -2.74. The molecule has 128 valence electrons. The molecule has 3 unspecified atom stereocenters. The molecule has 24 heavy (non-hydrogen) atoms. The Kier molecular flexibility index (Phi) is 4.94. The standard InChI is InChI=1S/C15H14Br2N2O4S/c16-6-15(14(22)23)7-19-11(21)9(12(19)24-13(15)17)18-10(20)8-4-2-1-3-5-8/h1-5,9,12-13H,6-7H2,(H,18,20)(H,22,23)/t9?,12-,13?,15?/m1/s1. The third-order valence-corrected chi connectivity index (χ3v) is 8.29. The third-order valence-electron chi connectivity index (χ3n) is 4.27. The van der Waals surface area contributed by atoms with E-state index in [-0.39, 0.29) is 33.2 Å². The van der Waals surface area contributed by atoms with Gasteiger partial charge in [-0.05, 0) is 12.1 Å². The number of carboxylic acids is 1. The van der Waals surface area contributed by atoms with Gasteiger partial charge in [0.15, 0.2) is 0 Å². The highest BCUT2D eigenvalue weighted by molar-refractivity contribution is 9.11. The van der Waals surface area contributed by atoms with Gasteiger partial charge in [0.25, 0.3) is 5.91 Å². The van der Waals surface area contributed by atoms with Crippen LogP contribution in [0.1, 0.15) is 10.4 Å². The summed E-state index contributed by atoms with van der Waals surface area (Å²) in [7, 11) is 0. The maximum atomic E-state index is 12.4. The molecule has 2 saturated heterocycles. The molecule has 1 aromatic carbocycles. The van der Waals surface area contributed by atoms with Gasteiger partial charge in [0.05, 0.1) is 4.16 Å². The Morgan fingerprint density at radius 3 is 2.62 bits per heavy atom. The van der Waals surface area contributed by atoms with Crippen molar-refractivity contribution in [3.05, 3.63) is 35.9 Å². The normalized spacial score (nSPS) is 31.8. The summed E-state index contributed by atoms with van der Waals surface area (Å²) in [5.74, 6) is -1.52. The first-order valence-corrected chi connectivity index (χ1v) is 10.1. The summed E-state index contributed by atoms with van der Waals surface area (Å²) in [6.45, 7) is 0.109. The molecule has 2 heterocycles. The summed E-state index contributed by atoms with van der Waals surface area (Å²) in [5.41, 5.74) is -0.606. The minimum atomic E-state index is -1.09. The van der Waals surface area contributed by atoms with E-state index in [0.29, 0.717) is 5.56 Å². The lowest BCUT2D eigenvalue weighted by Gasteiger charge is -2.55. The number of hydrogen-bond donors (Lipinski definition) is 2. The monoisotopic (exact) mass is 476 g/mol. The molecule has 1 aromatic rings. The predicted molar refractivity (Wildman–Crippen MR) is 97.4 cm³/mol. The summed E-state index contributed by atoms with van der Waals surface area (Å²) in [6.07, 6.45) is 0. The number of aliphatic carboxylic acids is 1. The Bertz CT molecular complexity index is 689. The Labute approximate surface area is 159 Å². The number of halogens is 2. The van der Waals surface area contributed by atoms with E-state index in [1.807, 2.05) is 6.07 Å². The maximum absolute atomic E-state index is 12.4. The molecule has 2 N–H and O–H groups in total. The summed E-state index contributed by atoms with van der Waals surface area (Å²) < 4.78 is -0.368. The smallest absolute Gasteiger partial charge is 0.314 e. The van der Waals surface area contributed by atoms with Crippen molar-refractivity contribution >= 4 is 61.4 Å². The quantitative estimate of drug-likeness (QED) is 0.510. The van der Waals surface area contributed by atoms with Gasteiger partial charge in [0.1, 0.15) is 16.8 Å². The van der Waals surface area contributed by atoms with Crippen LogP contribution in [-0.4, -0.2) is 55.2 Å². The zero-order chi connectivity index (χ0) is 17.5. The number of carboxylic acid groups (broad SMARTS) is 1. The predicted octanol–water partition coefficient (Wildman–Crippen LogP) is 1.89. The Balaban J connectivity index is 1.73. The molecule has 0 spiro atoms. The van der Waals surface area contributed by atoms with Crippen LogP contribution in [0, 0.1) is 5.41 Å². The van der Waals surface area contributed by atoms with E-state index in [0.717, 1.165) is 0 Å². The first-order valence-electron chi connectivity index (χ1n) is 7.16. The number of amides is 2. The zero-order valence-electron chi connectivity index (χ0n) is 12.3. The number of thioether (sulfide) groups is 1. The van der Waals surface area contributed by atoms with Crippen molar-refractivity contribution in [3.8, 4) is 0 Å². The number of rotatable bonds is 4. The number of benzene rings is 1. The number of nitrogens with zero attached hydrogens (tertiary/aromatic N) is 1. The molecule has 3 rings (SSSR count). The molecule has 9 heteroatoms. The highest BCUT2D eigenvalue weighted by Crippen LogP contribution is 2.50. The first kappa shape index (κ1) is 17.8. The van der Waals surface area contributed by atoms with Gasteiger partial charge in [-0.25, -0.2) is 0 Å². The third kappa shape index (κ3) is 2.76. The molecule has 2 aliphatic heterocycles. The van der Waals surface area contributed by atoms with E-state index >= 15 is 0 Å². The Morgan fingerprint density at radius 1 is 1.38 bits per heavy atom. The average molecular weight is 478 g/mol. The minimum absolute atomic E-state index is 0.109.